The highest BCUT2D eigenvalue weighted by Crippen LogP contribution is 2.10. The normalized spacial score (nSPS) is 13.7. The molecule has 22 heavy (non-hydrogen) atoms. The summed E-state index contributed by atoms with van der Waals surface area (Å²) in [7, 11) is 0. The SMILES string of the molecule is NCCCNCCCC(NCCCN)(NCC(=O)O)C(=O)O. The van der Waals surface area contributed by atoms with Gasteiger partial charge in [0.05, 0.1) is 6.54 Å². The summed E-state index contributed by atoms with van der Waals surface area (Å²) >= 11 is 0. The Balaban J connectivity index is 4.50. The summed E-state index contributed by atoms with van der Waals surface area (Å²) in [4.78, 5) is 22.3. The number of nitrogens with two attached hydrogens (primary N) is 2. The van der Waals surface area contributed by atoms with Crippen LogP contribution in [0.5, 0.6) is 0 Å². The fourth-order valence-electron chi connectivity index (χ4n) is 1.96. The minimum Gasteiger partial charge on any atom is -0.480 e. The Kier molecular flexibility index (Phi) is 11.6. The van der Waals surface area contributed by atoms with Gasteiger partial charge in [-0.25, -0.2) is 4.79 Å². The van der Waals surface area contributed by atoms with Crippen molar-refractivity contribution in [3.8, 4) is 0 Å². The quantitative estimate of drug-likeness (QED) is 0.135. The Morgan fingerprint density at radius 3 is 2.05 bits per heavy atom. The zero-order valence-electron chi connectivity index (χ0n) is 12.9. The Morgan fingerprint density at radius 1 is 0.909 bits per heavy atom. The van der Waals surface area contributed by atoms with Gasteiger partial charge in [-0.15, -0.1) is 0 Å². The highest BCUT2D eigenvalue weighted by Gasteiger charge is 2.37. The standard InChI is InChI=1S/C13H29N5O4/c14-5-2-8-16-7-1-4-13(12(21)22,17-9-3-6-15)18-10-11(19)20/h16-18H,1-10,14-15H2,(H,19,20)(H,21,22). The van der Waals surface area contributed by atoms with Gasteiger partial charge in [-0.1, -0.05) is 0 Å². The molecule has 9 N–H and O–H groups in total. The minimum atomic E-state index is -1.46. The van der Waals surface area contributed by atoms with Crippen LogP contribution < -0.4 is 27.4 Å². The molecule has 1 atom stereocenters. The maximum atomic E-state index is 11.6. The molecule has 0 heterocycles. The van der Waals surface area contributed by atoms with Crippen LogP contribution in [0.1, 0.15) is 25.7 Å². The first-order valence-electron chi connectivity index (χ1n) is 7.54. The van der Waals surface area contributed by atoms with Crippen molar-refractivity contribution in [2.45, 2.75) is 31.3 Å². The Hall–Kier alpha value is -1.26. The number of rotatable bonds is 15. The van der Waals surface area contributed by atoms with Crippen molar-refractivity contribution < 1.29 is 19.8 Å². The number of hydrogen-bond acceptors (Lipinski definition) is 7. The first-order chi connectivity index (χ1) is 10.5. The van der Waals surface area contributed by atoms with Crippen molar-refractivity contribution in [2.24, 2.45) is 11.5 Å². The second kappa shape index (κ2) is 12.3. The molecule has 9 heteroatoms. The van der Waals surface area contributed by atoms with Gasteiger partial charge in [0.25, 0.3) is 0 Å². The van der Waals surface area contributed by atoms with Crippen molar-refractivity contribution in [2.75, 3.05) is 39.3 Å². The first-order valence-corrected chi connectivity index (χ1v) is 7.54. The third-order valence-electron chi connectivity index (χ3n) is 3.18. The molecule has 0 fully saturated rings. The van der Waals surface area contributed by atoms with Gasteiger partial charge < -0.3 is 27.0 Å². The predicted molar refractivity (Wildman–Crippen MR) is 83.5 cm³/mol. The van der Waals surface area contributed by atoms with Gasteiger partial charge in [0, 0.05) is 0 Å². The Morgan fingerprint density at radius 2 is 1.50 bits per heavy atom. The molecule has 0 rings (SSSR count). The number of carboxylic acids is 2. The van der Waals surface area contributed by atoms with E-state index in [0.717, 1.165) is 13.0 Å². The van der Waals surface area contributed by atoms with E-state index in [2.05, 4.69) is 16.0 Å². The lowest BCUT2D eigenvalue weighted by molar-refractivity contribution is -0.148. The monoisotopic (exact) mass is 319 g/mol. The molecule has 0 aliphatic rings. The van der Waals surface area contributed by atoms with E-state index in [1.165, 1.54) is 0 Å². The summed E-state index contributed by atoms with van der Waals surface area (Å²) < 4.78 is 0. The first kappa shape index (κ1) is 20.7. The molecule has 0 aromatic heterocycles. The maximum Gasteiger partial charge on any atom is 0.338 e. The van der Waals surface area contributed by atoms with Gasteiger partial charge in [-0.2, -0.15) is 0 Å². The Labute approximate surface area is 130 Å². The lowest BCUT2D eigenvalue weighted by atomic mass is 10.0. The third kappa shape index (κ3) is 8.90. The van der Waals surface area contributed by atoms with Crippen LogP contribution in [0.2, 0.25) is 0 Å². The van der Waals surface area contributed by atoms with Crippen LogP contribution in [0, 0.1) is 0 Å². The van der Waals surface area contributed by atoms with E-state index >= 15 is 0 Å². The van der Waals surface area contributed by atoms with Crippen LogP contribution in [0.25, 0.3) is 0 Å². The molecule has 9 nitrogen and oxygen atoms in total. The molecule has 0 aliphatic heterocycles. The molecular weight excluding hydrogens is 290 g/mol. The van der Waals surface area contributed by atoms with E-state index in [4.69, 9.17) is 16.6 Å². The van der Waals surface area contributed by atoms with Crippen LogP contribution in [0.4, 0.5) is 0 Å². The van der Waals surface area contributed by atoms with Crippen molar-refractivity contribution in [3.05, 3.63) is 0 Å². The average Bonchev–Trinajstić information content (AvgIpc) is 2.47. The molecule has 0 spiro atoms. The number of carbonyl (C=O) groups is 2. The summed E-state index contributed by atoms with van der Waals surface area (Å²) in [6.07, 6.45) is 2.31. The van der Waals surface area contributed by atoms with Crippen LogP contribution in [-0.4, -0.2) is 67.1 Å². The van der Waals surface area contributed by atoms with Crippen LogP contribution >= 0.6 is 0 Å². The van der Waals surface area contributed by atoms with Crippen molar-refractivity contribution in [1.82, 2.24) is 16.0 Å². The van der Waals surface area contributed by atoms with Crippen molar-refractivity contribution in [1.29, 1.82) is 0 Å². The summed E-state index contributed by atoms with van der Waals surface area (Å²) in [6, 6.07) is 0. The molecule has 0 radical (unpaired) electrons. The third-order valence-corrected chi connectivity index (χ3v) is 3.18. The van der Waals surface area contributed by atoms with E-state index in [1.807, 2.05) is 0 Å². The van der Waals surface area contributed by atoms with E-state index in [-0.39, 0.29) is 6.42 Å². The van der Waals surface area contributed by atoms with E-state index < -0.39 is 24.1 Å². The highest BCUT2D eigenvalue weighted by atomic mass is 16.4. The van der Waals surface area contributed by atoms with Crippen LogP contribution in [0.3, 0.4) is 0 Å². The smallest absolute Gasteiger partial charge is 0.338 e. The van der Waals surface area contributed by atoms with E-state index in [1.54, 1.807) is 0 Å². The number of hydrogen-bond donors (Lipinski definition) is 7. The molecule has 1 unspecified atom stereocenters. The minimum absolute atomic E-state index is 0.260. The molecule has 0 bridgehead atoms. The predicted octanol–water partition coefficient (Wildman–Crippen LogP) is -1.90. The second-order valence-corrected chi connectivity index (χ2v) is 5.02. The average molecular weight is 319 g/mol. The van der Waals surface area contributed by atoms with Crippen molar-refractivity contribution in [3.63, 3.8) is 0 Å². The zero-order chi connectivity index (χ0) is 16.8. The maximum absolute atomic E-state index is 11.6. The molecule has 0 amide bonds. The fraction of sp³-hybridized carbons (Fsp3) is 0.846. The van der Waals surface area contributed by atoms with Gasteiger partial charge in [0.2, 0.25) is 0 Å². The van der Waals surface area contributed by atoms with Gasteiger partial charge in [-0.05, 0) is 58.4 Å². The molecule has 0 aliphatic carbocycles. The van der Waals surface area contributed by atoms with E-state index in [9.17, 15) is 14.7 Å². The molecule has 130 valence electrons. The molecule has 0 aromatic carbocycles. The van der Waals surface area contributed by atoms with Gasteiger partial charge in [0.15, 0.2) is 5.66 Å². The zero-order valence-corrected chi connectivity index (χ0v) is 12.9. The lowest BCUT2D eigenvalue weighted by Crippen LogP contribution is -2.63. The Bertz CT molecular complexity index is 330. The lowest BCUT2D eigenvalue weighted by Gasteiger charge is -2.31. The second-order valence-electron chi connectivity index (χ2n) is 5.02. The van der Waals surface area contributed by atoms with Crippen LogP contribution in [0.15, 0.2) is 0 Å². The van der Waals surface area contributed by atoms with Gasteiger partial charge in [0.1, 0.15) is 0 Å². The fourth-order valence-corrected chi connectivity index (χ4v) is 1.96. The van der Waals surface area contributed by atoms with Crippen molar-refractivity contribution >= 4 is 11.9 Å². The molecule has 0 saturated carbocycles. The molecular formula is C13H29N5O4. The number of nitrogens with one attached hydrogen (secondary N) is 3. The summed E-state index contributed by atoms with van der Waals surface area (Å²) in [6.45, 7) is 2.43. The number of aliphatic carboxylic acids is 2. The summed E-state index contributed by atoms with van der Waals surface area (Å²) in [5.41, 5.74) is 9.33. The van der Waals surface area contributed by atoms with E-state index in [0.29, 0.717) is 39.0 Å². The number of carboxylic acid groups (broad SMARTS) is 2. The van der Waals surface area contributed by atoms with Crippen LogP contribution in [-0.2, 0) is 9.59 Å². The largest absolute Gasteiger partial charge is 0.480 e. The van der Waals surface area contributed by atoms with Gasteiger partial charge >= 0.3 is 11.9 Å². The summed E-state index contributed by atoms with van der Waals surface area (Å²) in [5.74, 6) is -2.22. The topological polar surface area (TPSA) is 163 Å². The molecule has 0 saturated heterocycles. The van der Waals surface area contributed by atoms with Gasteiger partial charge in [-0.3, -0.25) is 15.4 Å². The highest BCUT2D eigenvalue weighted by molar-refractivity contribution is 5.79. The summed E-state index contributed by atoms with van der Waals surface area (Å²) in [5, 5.41) is 26.9. The molecule has 0 aromatic rings.